The zero-order valence-electron chi connectivity index (χ0n) is 14.7. The lowest BCUT2D eigenvalue weighted by Gasteiger charge is -2.17. The minimum atomic E-state index is -4.66. The molecule has 4 amide bonds. The van der Waals surface area contributed by atoms with Crippen LogP contribution in [0.3, 0.4) is 0 Å². The van der Waals surface area contributed by atoms with Gasteiger partial charge >= 0.3 is 6.18 Å². The van der Waals surface area contributed by atoms with Crippen LogP contribution in [0.25, 0.3) is 0 Å². The molecule has 0 bridgehead atoms. The molecule has 152 valence electrons. The summed E-state index contributed by atoms with van der Waals surface area (Å²) in [6.45, 7) is 1.63. The molecule has 1 saturated heterocycles. The lowest BCUT2D eigenvalue weighted by molar-refractivity contribution is -0.137. The van der Waals surface area contributed by atoms with Crippen molar-refractivity contribution in [3.05, 3.63) is 28.8 Å². The Morgan fingerprint density at radius 2 is 1.96 bits per heavy atom. The van der Waals surface area contributed by atoms with Crippen LogP contribution >= 0.6 is 11.6 Å². The Morgan fingerprint density at radius 3 is 2.54 bits per heavy atom. The number of rotatable bonds is 6. The molecule has 1 aliphatic rings. The van der Waals surface area contributed by atoms with Gasteiger partial charge in [-0.3, -0.25) is 19.2 Å². The van der Waals surface area contributed by atoms with Gasteiger partial charge in [-0.2, -0.15) is 13.2 Å². The van der Waals surface area contributed by atoms with Crippen molar-refractivity contribution >= 4 is 40.9 Å². The first-order valence-corrected chi connectivity index (χ1v) is 8.66. The molecule has 1 atom stereocenters. The highest BCUT2D eigenvalue weighted by Crippen LogP contribution is 2.37. The molecule has 2 rings (SSSR count). The molecule has 1 aromatic rings. The average molecular weight is 420 g/mol. The Kier molecular flexibility index (Phi) is 6.65. The molecule has 11 heteroatoms. The molecule has 1 aromatic carbocycles. The Bertz CT molecular complexity index is 813. The van der Waals surface area contributed by atoms with E-state index in [1.807, 2.05) is 0 Å². The third kappa shape index (κ3) is 5.22. The highest BCUT2D eigenvalue weighted by atomic mass is 35.5. The first kappa shape index (κ1) is 21.7. The van der Waals surface area contributed by atoms with E-state index in [0.717, 1.165) is 12.1 Å². The minimum Gasteiger partial charge on any atom is -0.356 e. The maximum absolute atomic E-state index is 12.8. The molecule has 7 nitrogen and oxygen atoms in total. The van der Waals surface area contributed by atoms with Crippen molar-refractivity contribution in [2.75, 3.05) is 11.4 Å². The second-order valence-corrected chi connectivity index (χ2v) is 6.55. The van der Waals surface area contributed by atoms with Crippen molar-refractivity contribution in [2.24, 2.45) is 0 Å². The molecule has 1 unspecified atom stereocenters. The third-order valence-corrected chi connectivity index (χ3v) is 4.27. The molecule has 0 saturated carbocycles. The van der Waals surface area contributed by atoms with Gasteiger partial charge < -0.3 is 10.6 Å². The van der Waals surface area contributed by atoms with Gasteiger partial charge in [0.05, 0.1) is 22.7 Å². The number of carbonyl (C=O) groups excluding carboxylic acids is 4. The number of alkyl halides is 3. The fraction of sp³-hybridized carbons (Fsp3) is 0.412. The maximum atomic E-state index is 12.8. The summed E-state index contributed by atoms with van der Waals surface area (Å²) < 4.78 is 38.4. The maximum Gasteiger partial charge on any atom is 0.417 e. The Balaban J connectivity index is 2.02. The number of nitrogens with one attached hydrogen (secondary N) is 2. The van der Waals surface area contributed by atoms with Crippen molar-refractivity contribution in [3.63, 3.8) is 0 Å². The molecule has 0 aliphatic carbocycles. The van der Waals surface area contributed by atoms with Crippen LogP contribution in [0.1, 0.15) is 31.7 Å². The van der Waals surface area contributed by atoms with Crippen molar-refractivity contribution in [1.82, 2.24) is 10.6 Å². The molecule has 28 heavy (non-hydrogen) atoms. The summed E-state index contributed by atoms with van der Waals surface area (Å²) in [5, 5.41) is 4.30. The molecule has 1 heterocycles. The van der Waals surface area contributed by atoms with E-state index >= 15 is 0 Å². The molecule has 0 aromatic heterocycles. The quantitative estimate of drug-likeness (QED) is 0.544. The number of anilines is 1. The van der Waals surface area contributed by atoms with Crippen molar-refractivity contribution in [1.29, 1.82) is 0 Å². The van der Waals surface area contributed by atoms with Crippen LogP contribution in [0, 0.1) is 0 Å². The largest absolute Gasteiger partial charge is 0.417 e. The predicted molar refractivity (Wildman–Crippen MR) is 93.4 cm³/mol. The Morgan fingerprint density at radius 1 is 1.29 bits per heavy atom. The van der Waals surface area contributed by atoms with Gasteiger partial charge in [-0.15, -0.1) is 0 Å². The van der Waals surface area contributed by atoms with Crippen LogP contribution in [0.2, 0.25) is 5.02 Å². The second kappa shape index (κ2) is 8.59. The third-order valence-electron chi connectivity index (χ3n) is 3.95. The van der Waals surface area contributed by atoms with Crippen molar-refractivity contribution < 1.29 is 32.3 Å². The monoisotopic (exact) mass is 419 g/mol. The lowest BCUT2D eigenvalue weighted by Crippen LogP contribution is -2.42. The van der Waals surface area contributed by atoms with Crippen LogP contribution in [0.5, 0.6) is 0 Å². The Labute approximate surface area is 163 Å². The van der Waals surface area contributed by atoms with Crippen LogP contribution in [0.4, 0.5) is 18.9 Å². The van der Waals surface area contributed by atoms with E-state index in [0.29, 0.717) is 17.4 Å². The molecular weight excluding hydrogens is 403 g/mol. The first-order chi connectivity index (χ1) is 13.0. The number of nitrogens with zero attached hydrogens (tertiary/aromatic N) is 1. The second-order valence-electron chi connectivity index (χ2n) is 6.14. The summed E-state index contributed by atoms with van der Waals surface area (Å²) in [6.07, 6.45) is -4.60. The first-order valence-electron chi connectivity index (χ1n) is 8.28. The standard InChI is InChI=1S/C17H17ClF3N3O4/c1-9(25)22-6-2-3-14(26)23-13-8-15(27)24(16(13)28)10-4-5-11(12(18)7-10)17(19,20)21/h4-5,7,13H,2-3,6,8H2,1H3,(H,22,25)(H,23,26). The SMILES string of the molecule is CC(=O)NCCCC(=O)NC1CC(=O)N(c2ccc(C(F)(F)F)c(Cl)c2)C1=O. The molecular formula is C17H17ClF3N3O4. The molecule has 2 N–H and O–H groups in total. The molecule has 1 aliphatic heterocycles. The normalized spacial score (nSPS) is 17.0. The van der Waals surface area contributed by atoms with Gasteiger partial charge in [0, 0.05) is 19.9 Å². The highest BCUT2D eigenvalue weighted by molar-refractivity contribution is 6.32. The smallest absolute Gasteiger partial charge is 0.356 e. The van der Waals surface area contributed by atoms with Gasteiger partial charge in [-0.05, 0) is 24.6 Å². The summed E-state index contributed by atoms with van der Waals surface area (Å²) in [5.41, 5.74) is -1.18. The van der Waals surface area contributed by atoms with E-state index in [4.69, 9.17) is 11.6 Å². The van der Waals surface area contributed by atoms with Gasteiger partial charge in [0.25, 0.3) is 5.91 Å². The summed E-state index contributed by atoms with van der Waals surface area (Å²) in [6, 6.07) is 1.44. The van der Waals surface area contributed by atoms with E-state index in [9.17, 15) is 32.3 Å². The topological polar surface area (TPSA) is 95.6 Å². The van der Waals surface area contributed by atoms with Gasteiger partial charge in [0.1, 0.15) is 6.04 Å². The number of amides is 4. The molecule has 0 spiro atoms. The van der Waals surface area contributed by atoms with Crippen LogP contribution in [0.15, 0.2) is 18.2 Å². The predicted octanol–water partition coefficient (Wildman–Crippen LogP) is 2.02. The zero-order chi connectivity index (χ0) is 21.1. The van der Waals surface area contributed by atoms with E-state index in [2.05, 4.69) is 10.6 Å². The van der Waals surface area contributed by atoms with E-state index in [-0.39, 0.29) is 31.0 Å². The van der Waals surface area contributed by atoms with Gasteiger partial charge in [0.2, 0.25) is 17.7 Å². The van der Waals surface area contributed by atoms with Gasteiger partial charge in [-0.25, -0.2) is 4.90 Å². The van der Waals surface area contributed by atoms with Gasteiger partial charge in [-0.1, -0.05) is 11.6 Å². The van der Waals surface area contributed by atoms with E-state index < -0.39 is 40.5 Å². The number of halogens is 4. The van der Waals surface area contributed by atoms with Crippen LogP contribution in [-0.2, 0) is 25.4 Å². The zero-order valence-corrected chi connectivity index (χ0v) is 15.5. The number of benzene rings is 1. The molecule has 0 radical (unpaired) electrons. The van der Waals surface area contributed by atoms with Gasteiger partial charge in [0.15, 0.2) is 0 Å². The summed E-state index contributed by atoms with van der Waals surface area (Å²) in [4.78, 5) is 47.9. The Hall–Kier alpha value is -2.62. The summed E-state index contributed by atoms with van der Waals surface area (Å²) in [7, 11) is 0. The summed E-state index contributed by atoms with van der Waals surface area (Å²) >= 11 is 5.63. The van der Waals surface area contributed by atoms with E-state index in [1.54, 1.807) is 0 Å². The molecule has 1 fully saturated rings. The highest BCUT2D eigenvalue weighted by Gasteiger charge is 2.41. The van der Waals surface area contributed by atoms with Crippen LogP contribution in [-0.4, -0.2) is 36.2 Å². The van der Waals surface area contributed by atoms with Crippen molar-refractivity contribution in [2.45, 2.75) is 38.4 Å². The van der Waals surface area contributed by atoms with Crippen LogP contribution < -0.4 is 15.5 Å². The minimum absolute atomic E-state index is 0.0321. The summed E-state index contributed by atoms with van der Waals surface area (Å²) in [5.74, 6) is -2.13. The lowest BCUT2D eigenvalue weighted by atomic mass is 10.2. The van der Waals surface area contributed by atoms with E-state index in [1.165, 1.54) is 6.92 Å². The number of imide groups is 1. The number of hydrogen-bond acceptors (Lipinski definition) is 4. The van der Waals surface area contributed by atoms with Crippen molar-refractivity contribution in [3.8, 4) is 0 Å². The number of carbonyl (C=O) groups is 4. The fourth-order valence-corrected chi connectivity index (χ4v) is 2.95. The average Bonchev–Trinajstić information content (AvgIpc) is 2.84. The fourth-order valence-electron chi connectivity index (χ4n) is 2.67. The number of hydrogen-bond donors (Lipinski definition) is 2.